The quantitative estimate of drug-likeness (QED) is 0.792. The first-order valence-corrected chi connectivity index (χ1v) is 5.00. The van der Waals surface area contributed by atoms with Gasteiger partial charge < -0.3 is 5.11 Å². The van der Waals surface area contributed by atoms with Crippen molar-refractivity contribution in [3.05, 3.63) is 41.0 Å². The molecule has 2 aliphatic rings. The standard InChI is InChI=1S/C12H8F2O2/c13-7-3-4-8(14)9-5(7)1-2-6-10(9)11(6)12(15)16/h1-4,6,10-11H,(H,15,16)/t6-,10-,11+/m0/s1. The Morgan fingerprint density at radius 1 is 1.25 bits per heavy atom. The molecule has 1 saturated carbocycles. The van der Waals surface area contributed by atoms with Crippen LogP contribution in [0.4, 0.5) is 8.78 Å². The number of halogens is 2. The molecule has 0 saturated heterocycles. The minimum atomic E-state index is -0.948. The number of allylic oxidation sites excluding steroid dienone is 1. The van der Waals surface area contributed by atoms with Crippen molar-refractivity contribution in [1.82, 2.24) is 0 Å². The van der Waals surface area contributed by atoms with E-state index in [2.05, 4.69) is 0 Å². The molecule has 0 radical (unpaired) electrons. The third-order valence-corrected chi connectivity index (χ3v) is 3.36. The number of hydrogen-bond acceptors (Lipinski definition) is 1. The van der Waals surface area contributed by atoms with Crippen LogP contribution in [0.5, 0.6) is 0 Å². The Labute approximate surface area is 90.2 Å². The molecule has 0 spiro atoms. The second-order valence-corrected chi connectivity index (χ2v) is 4.18. The predicted octanol–water partition coefficient (Wildman–Crippen LogP) is 2.41. The number of carboxylic acid groups (broad SMARTS) is 1. The van der Waals surface area contributed by atoms with Gasteiger partial charge in [-0.25, -0.2) is 8.78 Å². The summed E-state index contributed by atoms with van der Waals surface area (Å²) in [6.45, 7) is 0. The second-order valence-electron chi connectivity index (χ2n) is 4.18. The molecule has 1 N–H and O–H groups in total. The summed E-state index contributed by atoms with van der Waals surface area (Å²) in [7, 11) is 0. The van der Waals surface area contributed by atoms with E-state index in [1.807, 2.05) is 0 Å². The molecule has 1 aromatic rings. The fraction of sp³-hybridized carbons (Fsp3) is 0.250. The number of fused-ring (bicyclic) bond motifs is 3. The summed E-state index contributed by atoms with van der Waals surface area (Å²) in [6, 6.07) is 2.12. The Hall–Kier alpha value is -1.71. The maximum Gasteiger partial charge on any atom is 0.307 e. The SMILES string of the molecule is O=C(O)[C@@H]1[C@H]2C=Cc3c(F)ccc(F)c3[C@H]21. The smallest absolute Gasteiger partial charge is 0.307 e. The summed E-state index contributed by atoms with van der Waals surface area (Å²) in [5.41, 5.74) is 0.421. The monoisotopic (exact) mass is 222 g/mol. The van der Waals surface area contributed by atoms with Crippen LogP contribution in [0.3, 0.4) is 0 Å². The lowest BCUT2D eigenvalue weighted by Gasteiger charge is -2.11. The van der Waals surface area contributed by atoms with Crippen molar-refractivity contribution in [3.63, 3.8) is 0 Å². The Balaban J connectivity index is 2.16. The first-order chi connectivity index (χ1) is 7.61. The van der Waals surface area contributed by atoms with Gasteiger partial charge in [-0.05, 0) is 18.1 Å². The lowest BCUT2D eigenvalue weighted by Crippen LogP contribution is -2.02. The third kappa shape index (κ3) is 1.07. The number of rotatable bonds is 1. The normalized spacial score (nSPS) is 29.5. The maximum atomic E-state index is 13.6. The van der Waals surface area contributed by atoms with E-state index < -0.39 is 29.4 Å². The van der Waals surface area contributed by atoms with Crippen molar-refractivity contribution in [1.29, 1.82) is 0 Å². The summed E-state index contributed by atoms with van der Waals surface area (Å²) in [6.07, 6.45) is 3.14. The van der Waals surface area contributed by atoms with Crippen molar-refractivity contribution >= 4 is 12.0 Å². The van der Waals surface area contributed by atoms with Crippen molar-refractivity contribution in [2.24, 2.45) is 11.8 Å². The van der Waals surface area contributed by atoms with Gasteiger partial charge in [0.1, 0.15) is 11.6 Å². The van der Waals surface area contributed by atoms with Gasteiger partial charge in [-0.1, -0.05) is 12.2 Å². The molecule has 0 amide bonds. The molecule has 0 unspecified atom stereocenters. The lowest BCUT2D eigenvalue weighted by molar-refractivity contribution is -0.138. The van der Waals surface area contributed by atoms with Gasteiger partial charge in [0.05, 0.1) is 5.92 Å². The summed E-state index contributed by atoms with van der Waals surface area (Å²) in [4.78, 5) is 10.9. The van der Waals surface area contributed by atoms with Crippen LogP contribution in [0.1, 0.15) is 17.0 Å². The van der Waals surface area contributed by atoms with E-state index in [0.29, 0.717) is 0 Å². The van der Waals surface area contributed by atoms with E-state index in [1.54, 1.807) is 6.08 Å². The molecule has 82 valence electrons. The Kier molecular flexibility index (Phi) is 1.73. The van der Waals surface area contributed by atoms with Gasteiger partial charge in [-0.15, -0.1) is 0 Å². The molecule has 3 rings (SSSR count). The van der Waals surface area contributed by atoms with E-state index in [4.69, 9.17) is 5.11 Å². The zero-order chi connectivity index (χ0) is 11.4. The van der Waals surface area contributed by atoms with Crippen LogP contribution in [0.2, 0.25) is 0 Å². The number of carbonyl (C=O) groups is 1. The largest absolute Gasteiger partial charge is 0.481 e. The minimum Gasteiger partial charge on any atom is -0.481 e. The molecule has 2 nitrogen and oxygen atoms in total. The average Bonchev–Trinajstić information content (AvgIpc) is 2.97. The van der Waals surface area contributed by atoms with E-state index in [0.717, 1.165) is 12.1 Å². The Bertz CT molecular complexity index is 522. The van der Waals surface area contributed by atoms with Gasteiger partial charge in [0.15, 0.2) is 0 Å². The highest BCUT2D eigenvalue weighted by Gasteiger charge is 2.57. The third-order valence-electron chi connectivity index (χ3n) is 3.36. The van der Waals surface area contributed by atoms with Gasteiger partial charge in [-0.2, -0.15) is 0 Å². The predicted molar refractivity (Wildman–Crippen MR) is 52.7 cm³/mol. The maximum absolute atomic E-state index is 13.6. The lowest BCUT2D eigenvalue weighted by atomic mass is 9.96. The van der Waals surface area contributed by atoms with E-state index in [-0.39, 0.29) is 17.0 Å². The van der Waals surface area contributed by atoms with Crippen molar-refractivity contribution in [2.75, 3.05) is 0 Å². The first kappa shape index (κ1) is 9.51. The summed E-state index contributed by atoms with van der Waals surface area (Å²) in [5.74, 6) is -3.14. The van der Waals surface area contributed by atoms with Gasteiger partial charge in [0.2, 0.25) is 0 Å². The van der Waals surface area contributed by atoms with Crippen LogP contribution in [-0.4, -0.2) is 11.1 Å². The van der Waals surface area contributed by atoms with Gasteiger partial charge in [0, 0.05) is 17.0 Å². The van der Waals surface area contributed by atoms with Crippen LogP contribution in [0.15, 0.2) is 18.2 Å². The number of hydrogen-bond donors (Lipinski definition) is 1. The summed E-state index contributed by atoms with van der Waals surface area (Å²) in [5, 5.41) is 8.92. The molecule has 16 heavy (non-hydrogen) atoms. The number of aliphatic carboxylic acids is 1. The molecule has 3 atom stereocenters. The topological polar surface area (TPSA) is 37.3 Å². The van der Waals surface area contributed by atoms with Crippen molar-refractivity contribution in [2.45, 2.75) is 5.92 Å². The zero-order valence-electron chi connectivity index (χ0n) is 8.15. The number of carboxylic acids is 1. The molecule has 4 heteroatoms. The molecule has 0 bridgehead atoms. The van der Waals surface area contributed by atoms with Gasteiger partial charge in [-0.3, -0.25) is 4.79 Å². The molecular formula is C12H8F2O2. The summed E-state index contributed by atoms with van der Waals surface area (Å²) < 4.78 is 27.0. The van der Waals surface area contributed by atoms with Crippen LogP contribution in [0.25, 0.3) is 6.08 Å². The first-order valence-electron chi connectivity index (χ1n) is 5.00. The second kappa shape index (κ2) is 2.90. The molecule has 1 aromatic carbocycles. The number of benzene rings is 1. The molecule has 0 aliphatic heterocycles. The van der Waals surface area contributed by atoms with Crippen molar-refractivity contribution in [3.8, 4) is 0 Å². The van der Waals surface area contributed by atoms with Crippen LogP contribution in [-0.2, 0) is 4.79 Å². The van der Waals surface area contributed by atoms with E-state index in [9.17, 15) is 13.6 Å². The molecule has 1 fully saturated rings. The van der Waals surface area contributed by atoms with Crippen molar-refractivity contribution < 1.29 is 18.7 Å². The zero-order valence-corrected chi connectivity index (χ0v) is 8.15. The highest BCUT2D eigenvalue weighted by molar-refractivity contribution is 5.80. The fourth-order valence-electron chi connectivity index (χ4n) is 2.56. The average molecular weight is 222 g/mol. The van der Waals surface area contributed by atoms with E-state index >= 15 is 0 Å². The molecular weight excluding hydrogens is 214 g/mol. The molecule has 0 aromatic heterocycles. The van der Waals surface area contributed by atoms with Crippen LogP contribution in [0, 0.1) is 23.5 Å². The molecule has 0 heterocycles. The Morgan fingerprint density at radius 3 is 2.62 bits per heavy atom. The Morgan fingerprint density at radius 2 is 1.94 bits per heavy atom. The molecule has 2 aliphatic carbocycles. The van der Waals surface area contributed by atoms with Crippen LogP contribution < -0.4 is 0 Å². The fourth-order valence-corrected chi connectivity index (χ4v) is 2.56. The van der Waals surface area contributed by atoms with Gasteiger partial charge >= 0.3 is 5.97 Å². The van der Waals surface area contributed by atoms with E-state index in [1.165, 1.54) is 6.08 Å². The summed E-state index contributed by atoms with van der Waals surface area (Å²) >= 11 is 0. The highest BCUT2D eigenvalue weighted by Crippen LogP contribution is 2.59. The van der Waals surface area contributed by atoms with Crippen LogP contribution >= 0.6 is 0 Å². The highest BCUT2D eigenvalue weighted by atomic mass is 19.1. The van der Waals surface area contributed by atoms with Gasteiger partial charge in [0.25, 0.3) is 0 Å². The minimum absolute atomic E-state index is 0.179.